The van der Waals surface area contributed by atoms with Crippen LogP contribution < -0.4 is 5.32 Å². The molecule has 0 aromatic heterocycles. The van der Waals surface area contributed by atoms with Crippen molar-refractivity contribution in [3.8, 4) is 0 Å². The SMILES string of the molecule is Cc1ccc(/C=C2\SC(=O)N(CCNC(=O)[C@@H]3CS[C@@]4(C)CCC(=O)N34)C2=O)cc1. The standard InChI is InChI=1S/C21H23N3O4S2/c1-13-3-5-14(6-4-13)11-16-19(27)23(20(28)30-16)10-9-22-18(26)15-12-29-21(2)8-7-17(25)24(15)21/h3-6,11,15H,7-10,12H2,1-2H3,(H,22,26)/b16-11-/t15-,21-/m0/s1. The number of thioether (sulfide) groups is 2. The van der Waals surface area contributed by atoms with Crippen molar-refractivity contribution in [3.05, 3.63) is 40.3 Å². The van der Waals surface area contributed by atoms with Crippen LogP contribution in [0.5, 0.6) is 0 Å². The van der Waals surface area contributed by atoms with E-state index in [-0.39, 0.29) is 40.9 Å². The first kappa shape index (κ1) is 21.0. The Labute approximate surface area is 183 Å². The molecule has 2 atom stereocenters. The molecular weight excluding hydrogens is 422 g/mol. The molecule has 4 rings (SSSR count). The number of hydrogen-bond acceptors (Lipinski definition) is 6. The number of benzene rings is 1. The van der Waals surface area contributed by atoms with Gasteiger partial charge in [-0.25, -0.2) is 0 Å². The molecular formula is C21H23N3O4S2. The fraction of sp³-hybridized carbons (Fsp3) is 0.429. The van der Waals surface area contributed by atoms with Crippen LogP contribution in [0.4, 0.5) is 4.79 Å². The van der Waals surface area contributed by atoms with E-state index in [9.17, 15) is 19.2 Å². The van der Waals surface area contributed by atoms with Gasteiger partial charge in [0.1, 0.15) is 6.04 Å². The van der Waals surface area contributed by atoms with Gasteiger partial charge in [-0.1, -0.05) is 29.8 Å². The lowest BCUT2D eigenvalue weighted by atomic mass is 10.1. The van der Waals surface area contributed by atoms with Gasteiger partial charge in [-0.15, -0.1) is 11.8 Å². The minimum Gasteiger partial charge on any atom is -0.352 e. The molecule has 0 bridgehead atoms. The van der Waals surface area contributed by atoms with Gasteiger partial charge in [0.2, 0.25) is 11.8 Å². The maximum atomic E-state index is 12.6. The highest BCUT2D eigenvalue weighted by atomic mass is 32.2. The van der Waals surface area contributed by atoms with E-state index in [2.05, 4.69) is 5.32 Å². The lowest BCUT2D eigenvalue weighted by Gasteiger charge is -2.29. The highest BCUT2D eigenvalue weighted by Crippen LogP contribution is 2.47. The summed E-state index contributed by atoms with van der Waals surface area (Å²) in [5.74, 6) is -0.00778. The zero-order valence-corrected chi connectivity index (χ0v) is 18.5. The number of amides is 4. The summed E-state index contributed by atoms with van der Waals surface area (Å²) in [5.41, 5.74) is 1.98. The summed E-state index contributed by atoms with van der Waals surface area (Å²) in [6, 6.07) is 7.20. The minimum atomic E-state index is -0.494. The Hall–Kier alpha value is -2.26. The summed E-state index contributed by atoms with van der Waals surface area (Å²) in [4.78, 5) is 52.6. The number of nitrogens with one attached hydrogen (secondary N) is 1. The quantitative estimate of drug-likeness (QED) is 0.701. The van der Waals surface area contributed by atoms with Crippen molar-refractivity contribution in [2.75, 3.05) is 18.8 Å². The molecule has 9 heteroatoms. The summed E-state index contributed by atoms with van der Waals surface area (Å²) < 4.78 is 0. The van der Waals surface area contributed by atoms with Gasteiger partial charge in [0, 0.05) is 25.3 Å². The number of nitrogens with zero attached hydrogens (tertiary/aromatic N) is 2. The third-order valence-electron chi connectivity index (χ3n) is 5.63. The van der Waals surface area contributed by atoms with Gasteiger partial charge in [-0.2, -0.15) is 0 Å². The van der Waals surface area contributed by atoms with E-state index in [0.717, 1.165) is 34.2 Å². The van der Waals surface area contributed by atoms with Gasteiger partial charge >= 0.3 is 0 Å². The number of hydrogen-bond donors (Lipinski definition) is 1. The Morgan fingerprint density at radius 3 is 2.73 bits per heavy atom. The van der Waals surface area contributed by atoms with E-state index in [1.54, 1.807) is 22.7 Å². The van der Waals surface area contributed by atoms with E-state index < -0.39 is 6.04 Å². The molecule has 0 saturated carbocycles. The first-order chi connectivity index (χ1) is 14.3. The van der Waals surface area contributed by atoms with Crippen LogP contribution in [0.15, 0.2) is 29.2 Å². The minimum absolute atomic E-state index is 0.00910. The monoisotopic (exact) mass is 445 g/mol. The Kier molecular flexibility index (Phi) is 5.67. The first-order valence-corrected chi connectivity index (χ1v) is 11.6. The second-order valence-electron chi connectivity index (χ2n) is 7.80. The van der Waals surface area contributed by atoms with Crippen LogP contribution in [-0.2, 0) is 14.4 Å². The van der Waals surface area contributed by atoms with Crippen molar-refractivity contribution in [2.45, 2.75) is 37.6 Å². The number of carbonyl (C=O) groups excluding carboxylic acids is 4. The Bertz CT molecular complexity index is 946. The molecule has 0 unspecified atom stereocenters. The molecule has 7 nitrogen and oxygen atoms in total. The van der Waals surface area contributed by atoms with Gasteiger partial charge in [0.25, 0.3) is 11.1 Å². The third-order valence-corrected chi connectivity index (χ3v) is 8.04. The summed E-state index contributed by atoms with van der Waals surface area (Å²) in [5, 5.41) is 2.45. The zero-order valence-electron chi connectivity index (χ0n) is 16.8. The van der Waals surface area contributed by atoms with Gasteiger partial charge in [-0.05, 0) is 43.7 Å². The maximum absolute atomic E-state index is 12.6. The van der Waals surface area contributed by atoms with Crippen molar-refractivity contribution >= 4 is 52.6 Å². The molecule has 1 aromatic carbocycles. The van der Waals surface area contributed by atoms with Crippen LogP contribution in [0, 0.1) is 6.92 Å². The number of rotatable bonds is 5. The van der Waals surface area contributed by atoms with Gasteiger partial charge in [0.15, 0.2) is 0 Å². The molecule has 4 amide bonds. The van der Waals surface area contributed by atoms with Crippen molar-refractivity contribution in [1.82, 2.24) is 15.1 Å². The van der Waals surface area contributed by atoms with Crippen molar-refractivity contribution in [2.24, 2.45) is 0 Å². The van der Waals surface area contributed by atoms with Gasteiger partial charge in [-0.3, -0.25) is 24.1 Å². The van der Waals surface area contributed by atoms with Crippen LogP contribution in [0.25, 0.3) is 6.08 Å². The molecule has 3 saturated heterocycles. The van der Waals surface area contributed by atoms with Crippen molar-refractivity contribution in [3.63, 3.8) is 0 Å². The molecule has 158 valence electrons. The molecule has 30 heavy (non-hydrogen) atoms. The van der Waals surface area contributed by atoms with E-state index in [1.807, 2.05) is 38.1 Å². The number of imide groups is 1. The maximum Gasteiger partial charge on any atom is 0.293 e. The summed E-state index contributed by atoms with van der Waals surface area (Å²) in [7, 11) is 0. The van der Waals surface area contributed by atoms with Crippen LogP contribution in [0.2, 0.25) is 0 Å². The predicted octanol–water partition coefficient (Wildman–Crippen LogP) is 2.60. The molecule has 1 N–H and O–H groups in total. The van der Waals surface area contributed by atoms with Crippen LogP contribution in [0.1, 0.15) is 30.9 Å². The summed E-state index contributed by atoms with van der Waals surface area (Å²) in [6.07, 6.45) is 2.93. The van der Waals surface area contributed by atoms with E-state index in [4.69, 9.17) is 0 Å². The van der Waals surface area contributed by atoms with Crippen LogP contribution in [-0.4, -0.2) is 62.5 Å². The Morgan fingerprint density at radius 2 is 2.00 bits per heavy atom. The molecule has 3 heterocycles. The number of fused-ring (bicyclic) bond motifs is 1. The van der Waals surface area contributed by atoms with Crippen molar-refractivity contribution in [1.29, 1.82) is 0 Å². The fourth-order valence-electron chi connectivity index (χ4n) is 3.93. The molecule has 3 aliphatic heterocycles. The van der Waals surface area contributed by atoms with E-state index in [1.165, 1.54) is 0 Å². The normalized spacial score (nSPS) is 27.3. The molecule has 0 radical (unpaired) electrons. The number of carbonyl (C=O) groups is 4. The highest BCUT2D eigenvalue weighted by molar-refractivity contribution is 8.18. The predicted molar refractivity (Wildman–Crippen MR) is 118 cm³/mol. The number of aryl methyl sites for hydroxylation is 1. The Balaban J connectivity index is 1.33. The largest absolute Gasteiger partial charge is 0.352 e. The average Bonchev–Trinajstić information content (AvgIpc) is 3.30. The zero-order chi connectivity index (χ0) is 21.5. The average molecular weight is 446 g/mol. The summed E-state index contributed by atoms with van der Waals surface area (Å²) in [6.45, 7) is 4.24. The third kappa shape index (κ3) is 3.88. The second-order valence-corrected chi connectivity index (χ2v) is 10.3. The molecule has 1 aromatic rings. The van der Waals surface area contributed by atoms with Gasteiger partial charge < -0.3 is 10.2 Å². The lowest BCUT2D eigenvalue weighted by molar-refractivity contribution is -0.137. The smallest absolute Gasteiger partial charge is 0.293 e. The first-order valence-electron chi connectivity index (χ1n) is 9.84. The van der Waals surface area contributed by atoms with Crippen molar-refractivity contribution < 1.29 is 19.2 Å². The van der Waals surface area contributed by atoms with E-state index in [0.29, 0.717) is 17.1 Å². The second kappa shape index (κ2) is 8.11. The lowest BCUT2D eigenvalue weighted by Crippen LogP contribution is -2.51. The fourth-order valence-corrected chi connectivity index (χ4v) is 6.23. The molecule has 3 fully saturated rings. The Morgan fingerprint density at radius 1 is 1.27 bits per heavy atom. The van der Waals surface area contributed by atoms with Crippen LogP contribution >= 0.6 is 23.5 Å². The topological polar surface area (TPSA) is 86.8 Å². The van der Waals surface area contributed by atoms with Crippen LogP contribution in [0.3, 0.4) is 0 Å². The molecule has 3 aliphatic rings. The molecule has 0 spiro atoms. The van der Waals surface area contributed by atoms with Gasteiger partial charge in [0.05, 0.1) is 9.78 Å². The molecule has 0 aliphatic carbocycles. The summed E-state index contributed by atoms with van der Waals surface area (Å²) >= 11 is 2.54. The highest BCUT2D eigenvalue weighted by Gasteiger charge is 2.52. The van der Waals surface area contributed by atoms with E-state index >= 15 is 0 Å².